The predicted molar refractivity (Wildman–Crippen MR) is 89.6 cm³/mol. The molecule has 0 heterocycles. The minimum atomic E-state index is 0.123. The molecule has 3 heteroatoms. The summed E-state index contributed by atoms with van der Waals surface area (Å²) in [4.78, 5) is 2.50. The molecule has 1 aliphatic carbocycles. The fraction of sp³-hybridized carbons (Fsp3) is 0.647. The number of nitrogens with two attached hydrogens (primary N) is 1. The van der Waals surface area contributed by atoms with Gasteiger partial charge in [0.25, 0.3) is 0 Å². The fourth-order valence-electron chi connectivity index (χ4n) is 3.81. The number of hydrogen-bond donors (Lipinski definition) is 1. The lowest BCUT2D eigenvalue weighted by atomic mass is 9.62. The molecule has 0 saturated heterocycles. The maximum absolute atomic E-state index is 6.24. The van der Waals surface area contributed by atoms with Crippen LogP contribution in [0, 0.1) is 5.41 Å². The first-order valence-corrected chi connectivity index (χ1v) is 8.36. The Balaban J connectivity index is 2.20. The summed E-state index contributed by atoms with van der Waals surface area (Å²) in [5.41, 5.74) is 8.00. The third kappa shape index (κ3) is 2.95. The summed E-state index contributed by atoms with van der Waals surface area (Å²) in [6.07, 6.45) is 5.12. The molecule has 0 aliphatic heterocycles. The van der Waals surface area contributed by atoms with Gasteiger partial charge in [0.05, 0.1) is 0 Å². The lowest BCUT2D eigenvalue weighted by Crippen LogP contribution is -2.62. The first-order chi connectivity index (χ1) is 9.41. The molecule has 2 rings (SSSR count). The monoisotopic (exact) mass is 338 g/mol. The van der Waals surface area contributed by atoms with Crippen LogP contribution in [0.15, 0.2) is 28.7 Å². The molecule has 0 amide bonds. The van der Waals surface area contributed by atoms with E-state index in [0.717, 1.165) is 17.6 Å². The van der Waals surface area contributed by atoms with Crippen molar-refractivity contribution in [3.05, 3.63) is 34.3 Å². The van der Waals surface area contributed by atoms with Crippen LogP contribution in [0.2, 0.25) is 0 Å². The number of hydrogen-bond acceptors (Lipinski definition) is 2. The average Bonchev–Trinajstić information content (AvgIpc) is 2.41. The molecule has 0 bridgehead atoms. The Hall–Kier alpha value is -0.380. The molecule has 1 aliphatic rings. The van der Waals surface area contributed by atoms with E-state index in [1.54, 1.807) is 0 Å². The predicted octanol–water partition coefficient (Wildman–Crippen LogP) is 4.18. The zero-order valence-corrected chi connectivity index (χ0v) is 14.5. The van der Waals surface area contributed by atoms with Gasteiger partial charge < -0.3 is 5.73 Å². The molecule has 0 spiro atoms. The minimum Gasteiger partial charge on any atom is -0.329 e. The molecule has 2 N–H and O–H groups in total. The van der Waals surface area contributed by atoms with Gasteiger partial charge in [-0.3, -0.25) is 4.90 Å². The van der Waals surface area contributed by atoms with E-state index < -0.39 is 0 Å². The van der Waals surface area contributed by atoms with Crippen LogP contribution in [0.25, 0.3) is 0 Å². The SMILES string of the molecule is CN(Cc1ccc(Br)cc1)C1(CN)CCCCC1(C)C. The van der Waals surface area contributed by atoms with Gasteiger partial charge in [0.15, 0.2) is 0 Å². The van der Waals surface area contributed by atoms with E-state index in [1.807, 2.05) is 0 Å². The molecule has 112 valence electrons. The lowest BCUT2D eigenvalue weighted by molar-refractivity contribution is -0.0334. The number of likely N-dealkylation sites (N-methyl/N-ethyl adjacent to an activating group) is 1. The summed E-state index contributed by atoms with van der Waals surface area (Å²) in [5, 5.41) is 0. The molecular weight excluding hydrogens is 312 g/mol. The van der Waals surface area contributed by atoms with Crippen molar-refractivity contribution in [3.8, 4) is 0 Å². The van der Waals surface area contributed by atoms with Crippen LogP contribution in [-0.2, 0) is 6.54 Å². The molecule has 1 fully saturated rings. The molecule has 1 aromatic rings. The van der Waals surface area contributed by atoms with Crippen molar-refractivity contribution in [1.82, 2.24) is 4.90 Å². The van der Waals surface area contributed by atoms with E-state index in [9.17, 15) is 0 Å². The number of rotatable bonds is 4. The van der Waals surface area contributed by atoms with Gasteiger partial charge in [-0.1, -0.05) is 54.8 Å². The minimum absolute atomic E-state index is 0.123. The van der Waals surface area contributed by atoms with Gasteiger partial charge in [-0.15, -0.1) is 0 Å². The summed E-state index contributed by atoms with van der Waals surface area (Å²) < 4.78 is 1.13. The molecule has 0 radical (unpaired) electrons. The summed E-state index contributed by atoms with van der Waals surface area (Å²) in [6.45, 7) is 6.48. The maximum atomic E-state index is 6.24. The zero-order valence-electron chi connectivity index (χ0n) is 13.0. The van der Waals surface area contributed by atoms with E-state index in [1.165, 1.54) is 31.2 Å². The van der Waals surface area contributed by atoms with Gasteiger partial charge in [0.2, 0.25) is 0 Å². The standard InChI is InChI=1S/C17H27BrN2/c1-16(2)10-4-5-11-17(16,13-19)20(3)12-14-6-8-15(18)9-7-14/h6-9H,4-5,10-13,19H2,1-3H3. The third-order valence-corrected chi connectivity index (χ3v) is 5.83. The Morgan fingerprint density at radius 1 is 1.15 bits per heavy atom. The topological polar surface area (TPSA) is 29.3 Å². The number of halogens is 1. The summed E-state index contributed by atoms with van der Waals surface area (Å²) >= 11 is 3.50. The normalized spacial score (nSPS) is 25.9. The summed E-state index contributed by atoms with van der Waals surface area (Å²) in [7, 11) is 2.24. The van der Waals surface area contributed by atoms with Crippen LogP contribution >= 0.6 is 15.9 Å². The number of nitrogens with zero attached hydrogens (tertiary/aromatic N) is 1. The van der Waals surface area contributed by atoms with Gasteiger partial charge in [-0.05, 0) is 43.0 Å². The highest BCUT2D eigenvalue weighted by molar-refractivity contribution is 9.10. The molecule has 2 nitrogen and oxygen atoms in total. The van der Waals surface area contributed by atoms with Crippen LogP contribution < -0.4 is 5.73 Å². The molecule has 1 saturated carbocycles. The lowest BCUT2D eigenvalue weighted by Gasteiger charge is -2.55. The second-order valence-electron chi connectivity index (χ2n) is 6.81. The third-order valence-electron chi connectivity index (χ3n) is 5.30. The smallest absolute Gasteiger partial charge is 0.0383 e. The highest BCUT2D eigenvalue weighted by Crippen LogP contribution is 2.46. The molecule has 20 heavy (non-hydrogen) atoms. The first-order valence-electron chi connectivity index (χ1n) is 7.57. The van der Waals surface area contributed by atoms with Gasteiger partial charge in [0, 0.05) is 23.1 Å². The Bertz CT molecular complexity index is 441. The largest absolute Gasteiger partial charge is 0.329 e. The molecule has 0 aromatic heterocycles. The van der Waals surface area contributed by atoms with Gasteiger partial charge >= 0.3 is 0 Å². The van der Waals surface area contributed by atoms with E-state index in [2.05, 4.69) is 66.0 Å². The van der Waals surface area contributed by atoms with Crippen LogP contribution in [0.3, 0.4) is 0 Å². The second kappa shape index (κ2) is 6.17. The van der Waals surface area contributed by atoms with Crippen LogP contribution in [-0.4, -0.2) is 24.0 Å². The van der Waals surface area contributed by atoms with Crippen molar-refractivity contribution < 1.29 is 0 Å². The van der Waals surface area contributed by atoms with Crippen molar-refractivity contribution in [3.63, 3.8) is 0 Å². The molecule has 1 unspecified atom stereocenters. The van der Waals surface area contributed by atoms with Crippen molar-refractivity contribution in [2.45, 2.75) is 51.6 Å². The Kier molecular flexibility index (Phi) is 4.93. The molecule has 1 atom stereocenters. The van der Waals surface area contributed by atoms with Gasteiger partial charge in [-0.25, -0.2) is 0 Å². The van der Waals surface area contributed by atoms with Crippen molar-refractivity contribution >= 4 is 15.9 Å². The van der Waals surface area contributed by atoms with Crippen LogP contribution in [0.5, 0.6) is 0 Å². The van der Waals surface area contributed by atoms with Crippen molar-refractivity contribution in [2.24, 2.45) is 11.1 Å². The first kappa shape index (κ1) is 16.0. The van der Waals surface area contributed by atoms with Crippen molar-refractivity contribution in [1.29, 1.82) is 0 Å². The molecule has 1 aromatic carbocycles. The maximum Gasteiger partial charge on any atom is 0.0383 e. The summed E-state index contributed by atoms with van der Waals surface area (Å²) in [6, 6.07) is 8.62. The Morgan fingerprint density at radius 2 is 1.75 bits per heavy atom. The van der Waals surface area contributed by atoms with Crippen LogP contribution in [0.1, 0.15) is 45.1 Å². The quantitative estimate of drug-likeness (QED) is 0.892. The van der Waals surface area contributed by atoms with E-state index >= 15 is 0 Å². The summed E-state index contributed by atoms with van der Waals surface area (Å²) in [5.74, 6) is 0. The highest BCUT2D eigenvalue weighted by Gasteiger charge is 2.48. The second-order valence-corrected chi connectivity index (χ2v) is 7.72. The van der Waals surface area contributed by atoms with Crippen LogP contribution in [0.4, 0.5) is 0 Å². The van der Waals surface area contributed by atoms with E-state index in [4.69, 9.17) is 5.73 Å². The number of benzene rings is 1. The van der Waals surface area contributed by atoms with Gasteiger partial charge in [-0.2, -0.15) is 0 Å². The average molecular weight is 339 g/mol. The van der Waals surface area contributed by atoms with Gasteiger partial charge in [0.1, 0.15) is 0 Å². The van der Waals surface area contributed by atoms with Crippen molar-refractivity contribution in [2.75, 3.05) is 13.6 Å². The Morgan fingerprint density at radius 3 is 2.30 bits per heavy atom. The zero-order chi connectivity index (χ0) is 14.8. The van der Waals surface area contributed by atoms with E-state index in [-0.39, 0.29) is 11.0 Å². The highest BCUT2D eigenvalue weighted by atomic mass is 79.9. The fourth-order valence-corrected chi connectivity index (χ4v) is 4.08. The molecular formula is C17H27BrN2. The van der Waals surface area contributed by atoms with E-state index in [0.29, 0.717) is 0 Å². The Labute approximate surface area is 131 Å².